The van der Waals surface area contributed by atoms with E-state index in [0.29, 0.717) is 6.42 Å². The van der Waals surface area contributed by atoms with Gasteiger partial charge in [-0.25, -0.2) is 18.6 Å². The first-order chi connectivity index (χ1) is 13.4. The predicted octanol–water partition coefficient (Wildman–Crippen LogP) is 4.06. The molecule has 0 saturated carbocycles. The summed E-state index contributed by atoms with van der Waals surface area (Å²) in [4.78, 5) is 14.6. The molecule has 0 N–H and O–H groups in total. The number of likely N-dealkylation sites (tertiary alicyclic amines) is 1. The number of hydrogen-bond acceptors (Lipinski definition) is 3. The molecule has 1 fully saturated rings. The molecule has 0 spiro atoms. The van der Waals surface area contributed by atoms with Crippen LogP contribution in [-0.2, 0) is 5.41 Å². The highest BCUT2D eigenvalue weighted by Gasteiger charge is 2.51. The first-order valence-electron chi connectivity index (χ1n) is 9.19. The van der Waals surface area contributed by atoms with Gasteiger partial charge < -0.3 is 4.90 Å². The van der Waals surface area contributed by atoms with E-state index in [1.54, 1.807) is 18.0 Å². The first-order valence-corrected chi connectivity index (χ1v) is 9.19. The van der Waals surface area contributed by atoms with E-state index in [0.717, 1.165) is 11.6 Å². The number of nitrogens with zero attached hydrogens (tertiary/aromatic N) is 4. The molecular weight excluding hydrogens is 362 g/mol. The standard InChI is InChI=1S/C21H20F2N4O/c1-20(10-16(22)9-17(23)11-20)18-7-8-25-27(18)19(28)26-13-21(12-24,14-26)15-5-3-2-4-6-15/h2-6,8-10,18H,7,11,13-14H2,1H3/t18-,20?/m0/s1. The van der Waals surface area contributed by atoms with Crippen molar-refractivity contribution < 1.29 is 13.6 Å². The van der Waals surface area contributed by atoms with Crippen LogP contribution in [0.4, 0.5) is 13.6 Å². The third-order valence-corrected chi connectivity index (χ3v) is 5.83. The molecule has 0 bridgehead atoms. The molecule has 2 amide bonds. The number of urea groups is 1. The molecule has 144 valence electrons. The molecule has 1 aliphatic carbocycles. The Bertz CT molecular complexity index is 927. The third-order valence-electron chi connectivity index (χ3n) is 5.83. The highest BCUT2D eigenvalue weighted by atomic mass is 19.1. The van der Waals surface area contributed by atoms with E-state index in [1.807, 2.05) is 30.3 Å². The SMILES string of the molecule is CC1([C@@H]2CC=NN2C(=O)N2CC(C#N)(c3ccccc3)C2)C=C(F)C=C(F)C1. The monoisotopic (exact) mass is 382 g/mol. The first kappa shape index (κ1) is 18.4. The highest BCUT2D eigenvalue weighted by molar-refractivity contribution is 5.80. The number of hydrazone groups is 1. The zero-order chi connectivity index (χ0) is 19.9. The lowest BCUT2D eigenvalue weighted by atomic mass is 9.74. The van der Waals surface area contributed by atoms with Gasteiger partial charge in [-0.05, 0) is 11.6 Å². The van der Waals surface area contributed by atoms with Crippen molar-refractivity contribution >= 4 is 12.2 Å². The number of halogens is 2. The summed E-state index contributed by atoms with van der Waals surface area (Å²) in [7, 11) is 0. The Morgan fingerprint density at radius 3 is 2.64 bits per heavy atom. The molecule has 28 heavy (non-hydrogen) atoms. The molecule has 0 aromatic heterocycles. The van der Waals surface area contributed by atoms with E-state index in [2.05, 4.69) is 11.2 Å². The second-order valence-corrected chi connectivity index (χ2v) is 7.90. The highest BCUT2D eigenvalue weighted by Crippen LogP contribution is 2.43. The van der Waals surface area contributed by atoms with Crippen LogP contribution in [0.15, 0.2) is 59.2 Å². The summed E-state index contributed by atoms with van der Waals surface area (Å²) >= 11 is 0. The van der Waals surface area contributed by atoms with Gasteiger partial charge in [0.2, 0.25) is 0 Å². The van der Waals surface area contributed by atoms with Crippen molar-refractivity contribution in [2.45, 2.75) is 31.2 Å². The van der Waals surface area contributed by atoms with Gasteiger partial charge in [0.1, 0.15) is 17.1 Å². The van der Waals surface area contributed by atoms with Crippen molar-refractivity contribution in [1.82, 2.24) is 9.91 Å². The third kappa shape index (κ3) is 2.89. The largest absolute Gasteiger partial charge is 0.340 e. The van der Waals surface area contributed by atoms with Gasteiger partial charge in [0.15, 0.2) is 0 Å². The molecule has 0 radical (unpaired) electrons. The number of nitriles is 1. The van der Waals surface area contributed by atoms with Crippen LogP contribution in [0.3, 0.4) is 0 Å². The Kier molecular flexibility index (Phi) is 4.30. The lowest BCUT2D eigenvalue weighted by Crippen LogP contribution is -2.63. The predicted molar refractivity (Wildman–Crippen MR) is 101 cm³/mol. The molecule has 5 nitrogen and oxygen atoms in total. The molecular formula is C21H20F2N4O. The van der Waals surface area contributed by atoms with Crippen molar-refractivity contribution in [2.24, 2.45) is 10.5 Å². The lowest BCUT2D eigenvalue weighted by molar-refractivity contribution is 0.0655. The summed E-state index contributed by atoms with van der Waals surface area (Å²) in [6.07, 6.45) is 4.29. The molecule has 4 rings (SSSR count). The zero-order valence-electron chi connectivity index (χ0n) is 15.5. The number of benzene rings is 1. The number of hydrogen-bond donors (Lipinski definition) is 0. The molecule has 3 aliphatic rings. The van der Waals surface area contributed by atoms with Crippen LogP contribution in [0.1, 0.15) is 25.3 Å². The summed E-state index contributed by atoms with van der Waals surface area (Å²) in [5.74, 6) is -1.18. The quantitative estimate of drug-likeness (QED) is 0.774. The fourth-order valence-electron chi connectivity index (χ4n) is 4.29. The van der Waals surface area contributed by atoms with E-state index in [1.165, 1.54) is 11.1 Å². The van der Waals surface area contributed by atoms with Crippen LogP contribution in [0.25, 0.3) is 0 Å². The summed E-state index contributed by atoms with van der Waals surface area (Å²) in [5, 5.41) is 15.2. The summed E-state index contributed by atoms with van der Waals surface area (Å²) in [6.45, 7) is 2.26. The Morgan fingerprint density at radius 2 is 2.00 bits per heavy atom. The summed E-state index contributed by atoms with van der Waals surface area (Å²) in [5.41, 5.74) is -0.739. The molecule has 1 saturated heterocycles. The lowest BCUT2D eigenvalue weighted by Gasteiger charge is -2.48. The van der Waals surface area contributed by atoms with E-state index in [-0.39, 0.29) is 25.5 Å². The number of rotatable bonds is 2. The van der Waals surface area contributed by atoms with Crippen molar-refractivity contribution in [1.29, 1.82) is 5.26 Å². The van der Waals surface area contributed by atoms with Crippen LogP contribution in [0.2, 0.25) is 0 Å². The number of carbonyl (C=O) groups is 1. The van der Waals surface area contributed by atoms with Crippen LogP contribution in [0, 0.1) is 16.7 Å². The second kappa shape index (κ2) is 6.55. The fraction of sp³-hybridized carbons (Fsp3) is 0.381. The zero-order valence-corrected chi connectivity index (χ0v) is 15.5. The molecule has 1 aromatic rings. The minimum Gasteiger partial charge on any atom is -0.319 e. The van der Waals surface area contributed by atoms with Crippen molar-refractivity contribution in [2.75, 3.05) is 13.1 Å². The van der Waals surface area contributed by atoms with Crippen LogP contribution in [0.5, 0.6) is 0 Å². The van der Waals surface area contributed by atoms with Crippen LogP contribution >= 0.6 is 0 Å². The van der Waals surface area contributed by atoms with Gasteiger partial charge in [0.05, 0.1) is 12.1 Å². The molecule has 2 heterocycles. The molecule has 2 atom stereocenters. The Labute approximate surface area is 162 Å². The van der Waals surface area contributed by atoms with E-state index in [9.17, 15) is 18.8 Å². The average Bonchev–Trinajstić information content (AvgIpc) is 3.11. The summed E-state index contributed by atoms with van der Waals surface area (Å²) < 4.78 is 27.7. The Morgan fingerprint density at radius 1 is 1.29 bits per heavy atom. The van der Waals surface area contributed by atoms with Crippen molar-refractivity contribution in [3.05, 3.63) is 59.7 Å². The Hall–Kier alpha value is -3.01. The topological polar surface area (TPSA) is 59.7 Å². The van der Waals surface area contributed by atoms with Crippen LogP contribution in [-0.4, -0.2) is 41.3 Å². The van der Waals surface area contributed by atoms with Gasteiger partial charge in [0, 0.05) is 43.6 Å². The smallest absolute Gasteiger partial charge is 0.319 e. The van der Waals surface area contributed by atoms with Crippen molar-refractivity contribution in [3.8, 4) is 6.07 Å². The molecule has 1 aromatic carbocycles. The van der Waals surface area contributed by atoms with Gasteiger partial charge in [-0.2, -0.15) is 10.4 Å². The maximum atomic E-state index is 13.9. The minimum atomic E-state index is -0.883. The van der Waals surface area contributed by atoms with Crippen LogP contribution < -0.4 is 0 Å². The minimum absolute atomic E-state index is 0.0182. The van der Waals surface area contributed by atoms with Gasteiger partial charge >= 0.3 is 6.03 Å². The van der Waals surface area contributed by atoms with Gasteiger partial charge in [-0.1, -0.05) is 37.3 Å². The normalized spacial score (nSPS) is 28.3. The Balaban J connectivity index is 1.51. The molecule has 7 heteroatoms. The number of amides is 2. The average molecular weight is 382 g/mol. The molecule has 2 aliphatic heterocycles. The molecule has 1 unspecified atom stereocenters. The van der Waals surface area contributed by atoms with E-state index in [4.69, 9.17) is 0 Å². The van der Waals surface area contributed by atoms with E-state index >= 15 is 0 Å². The van der Waals surface area contributed by atoms with Gasteiger partial charge in [0.25, 0.3) is 0 Å². The van der Waals surface area contributed by atoms with Gasteiger partial charge in [-0.3, -0.25) is 0 Å². The second-order valence-electron chi connectivity index (χ2n) is 7.90. The number of allylic oxidation sites excluding steroid dienone is 3. The maximum absolute atomic E-state index is 13.9. The van der Waals surface area contributed by atoms with Crippen molar-refractivity contribution in [3.63, 3.8) is 0 Å². The van der Waals surface area contributed by atoms with Gasteiger partial charge in [-0.15, -0.1) is 0 Å². The fourth-order valence-corrected chi connectivity index (χ4v) is 4.29. The number of carbonyl (C=O) groups excluding carboxylic acids is 1. The maximum Gasteiger partial charge on any atom is 0.340 e. The van der Waals surface area contributed by atoms with E-state index < -0.39 is 28.5 Å². The summed E-state index contributed by atoms with van der Waals surface area (Å²) in [6, 6.07) is 10.9.